The first-order chi connectivity index (χ1) is 10.5. The van der Waals surface area contributed by atoms with Crippen molar-refractivity contribution in [3.8, 4) is 0 Å². The lowest BCUT2D eigenvalue weighted by atomic mass is 10.1. The molecule has 1 rings (SSSR count). The molecule has 1 heterocycles. The predicted molar refractivity (Wildman–Crippen MR) is 87.0 cm³/mol. The van der Waals surface area contributed by atoms with E-state index >= 15 is 0 Å². The summed E-state index contributed by atoms with van der Waals surface area (Å²) in [5.74, 6) is 0. The highest BCUT2D eigenvalue weighted by atomic mass is 31.2. The van der Waals surface area contributed by atoms with Gasteiger partial charge in [-0.25, -0.2) is 0 Å². The minimum atomic E-state index is -5.35. The largest absolute Gasteiger partial charge is 0.369 e. The van der Waals surface area contributed by atoms with Gasteiger partial charge in [-0.1, -0.05) is 32.6 Å². The Bertz CT molecular complexity index is 439. The highest BCUT2D eigenvalue weighted by Gasteiger charge is 2.59. The molecule has 1 aliphatic heterocycles. The van der Waals surface area contributed by atoms with Gasteiger partial charge in [-0.05, 0) is 25.8 Å². The summed E-state index contributed by atoms with van der Waals surface area (Å²) in [6.45, 7) is 2.91. The molecule has 1 unspecified atom stereocenters. The molecule has 0 aromatic rings. The lowest BCUT2D eigenvalue weighted by Crippen LogP contribution is -2.37. The zero-order chi connectivity index (χ0) is 17.7. The van der Waals surface area contributed by atoms with E-state index in [4.69, 9.17) is 19.6 Å². The van der Waals surface area contributed by atoms with E-state index in [0.717, 1.165) is 45.1 Å². The topological polar surface area (TPSA) is 139 Å². The van der Waals surface area contributed by atoms with Crippen molar-refractivity contribution >= 4 is 15.2 Å². The second kappa shape index (κ2) is 8.54. The van der Waals surface area contributed by atoms with E-state index in [0.29, 0.717) is 0 Å². The predicted octanol–water partition coefficient (Wildman–Crippen LogP) is 1.81. The van der Waals surface area contributed by atoms with E-state index in [1.807, 2.05) is 4.90 Å². The van der Waals surface area contributed by atoms with Crippen LogP contribution >= 0.6 is 15.2 Å². The zero-order valence-corrected chi connectivity index (χ0v) is 15.3. The van der Waals surface area contributed by atoms with Gasteiger partial charge in [0.2, 0.25) is 0 Å². The molecule has 1 saturated heterocycles. The Kier molecular flexibility index (Phi) is 7.90. The van der Waals surface area contributed by atoms with Gasteiger partial charge in [0.1, 0.15) is 0 Å². The van der Waals surface area contributed by atoms with Crippen LogP contribution in [0.15, 0.2) is 0 Å². The number of unbranched alkanes of at least 4 members (excludes halogenated alkanes) is 3. The maximum absolute atomic E-state index is 11.4. The Morgan fingerprint density at radius 1 is 1.09 bits per heavy atom. The minimum absolute atomic E-state index is 0.0607. The van der Waals surface area contributed by atoms with Crippen LogP contribution in [-0.2, 0) is 9.13 Å². The van der Waals surface area contributed by atoms with Crippen molar-refractivity contribution < 1.29 is 33.8 Å². The van der Waals surface area contributed by atoms with Crippen molar-refractivity contribution in [1.82, 2.24) is 4.90 Å². The van der Waals surface area contributed by atoms with Gasteiger partial charge in [-0.15, -0.1) is 0 Å². The third kappa shape index (κ3) is 5.62. The summed E-state index contributed by atoms with van der Waals surface area (Å²) >= 11 is 0. The van der Waals surface area contributed by atoms with Gasteiger partial charge >= 0.3 is 15.2 Å². The van der Waals surface area contributed by atoms with Crippen molar-refractivity contribution in [2.24, 2.45) is 0 Å². The summed E-state index contributed by atoms with van der Waals surface area (Å²) in [4.78, 5) is 38.6. The van der Waals surface area contributed by atoms with Crippen molar-refractivity contribution in [2.75, 3.05) is 13.1 Å². The average molecular weight is 373 g/mol. The van der Waals surface area contributed by atoms with Crippen LogP contribution in [0.2, 0.25) is 0 Å². The van der Waals surface area contributed by atoms with Crippen molar-refractivity contribution in [2.45, 2.75) is 69.4 Å². The first-order valence-corrected chi connectivity index (χ1v) is 11.3. The number of hydrogen-bond acceptors (Lipinski definition) is 4. The summed E-state index contributed by atoms with van der Waals surface area (Å²) < 4.78 is 22.7. The maximum atomic E-state index is 11.4. The fourth-order valence-corrected chi connectivity index (χ4v) is 5.22. The standard InChI is InChI=1S/C13H29NO7P2/c1-2-3-4-5-7-12-8-6-10-14(12)11-9-13(15,22(16,17)18)23(19,20)21/h12,15H,2-11H2,1H3,(H2,16,17,18)(H2,19,20,21). The van der Waals surface area contributed by atoms with Gasteiger partial charge in [0.15, 0.2) is 0 Å². The molecule has 0 radical (unpaired) electrons. The molecule has 5 N–H and O–H groups in total. The van der Waals surface area contributed by atoms with Crippen LogP contribution in [0, 0.1) is 0 Å². The fraction of sp³-hybridized carbons (Fsp3) is 1.00. The van der Waals surface area contributed by atoms with Crippen LogP contribution in [-0.4, -0.2) is 53.8 Å². The highest BCUT2D eigenvalue weighted by Crippen LogP contribution is 2.68. The molecule has 0 amide bonds. The normalized spacial score (nSPS) is 21.0. The van der Waals surface area contributed by atoms with Crippen LogP contribution in [0.25, 0.3) is 0 Å². The quantitative estimate of drug-likeness (QED) is 0.289. The first kappa shape index (κ1) is 21.3. The van der Waals surface area contributed by atoms with Gasteiger partial charge < -0.3 is 29.6 Å². The maximum Gasteiger partial charge on any atom is 0.369 e. The van der Waals surface area contributed by atoms with E-state index < -0.39 is 26.7 Å². The third-order valence-electron chi connectivity index (χ3n) is 4.56. The summed E-state index contributed by atoms with van der Waals surface area (Å²) in [6, 6.07) is 0.254. The molecule has 0 aromatic heterocycles. The Balaban J connectivity index is 2.63. The second-order valence-electron chi connectivity index (χ2n) is 6.29. The first-order valence-electron chi connectivity index (χ1n) is 8.10. The second-order valence-corrected chi connectivity index (χ2v) is 10.3. The van der Waals surface area contributed by atoms with E-state index in [1.54, 1.807) is 0 Å². The van der Waals surface area contributed by atoms with Gasteiger partial charge in [-0.3, -0.25) is 9.13 Å². The molecular formula is C13H29NO7P2. The van der Waals surface area contributed by atoms with E-state index in [2.05, 4.69) is 6.92 Å². The van der Waals surface area contributed by atoms with Gasteiger partial charge in [0.25, 0.3) is 5.08 Å². The van der Waals surface area contributed by atoms with Gasteiger partial charge in [0, 0.05) is 19.0 Å². The number of rotatable bonds is 10. The van der Waals surface area contributed by atoms with Crippen LogP contribution in [0.4, 0.5) is 0 Å². The molecule has 8 nitrogen and oxygen atoms in total. The molecule has 1 aliphatic rings. The molecule has 23 heavy (non-hydrogen) atoms. The molecule has 0 aliphatic carbocycles. The molecule has 1 atom stereocenters. The summed E-state index contributed by atoms with van der Waals surface area (Å²) in [5.41, 5.74) is 0. The van der Waals surface area contributed by atoms with Crippen molar-refractivity contribution in [3.05, 3.63) is 0 Å². The van der Waals surface area contributed by atoms with Crippen molar-refractivity contribution in [3.63, 3.8) is 0 Å². The third-order valence-corrected chi connectivity index (χ3v) is 8.43. The smallest absolute Gasteiger partial charge is 0.367 e. The molecule has 1 fully saturated rings. The Morgan fingerprint density at radius 3 is 2.22 bits per heavy atom. The monoisotopic (exact) mass is 373 g/mol. The van der Waals surface area contributed by atoms with Gasteiger partial charge in [-0.2, -0.15) is 0 Å². The molecule has 0 spiro atoms. The molecule has 10 heteroatoms. The van der Waals surface area contributed by atoms with Crippen molar-refractivity contribution in [1.29, 1.82) is 0 Å². The lowest BCUT2D eigenvalue weighted by Gasteiger charge is -2.32. The number of hydrogen-bond donors (Lipinski definition) is 5. The van der Waals surface area contributed by atoms with E-state index in [9.17, 15) is 14.2 Å². The molecular weight excluding hydrogens is 344 g/mol. The van der Waals surface area contributed by atoms with Crippen LogP contribution in [0.3, 0.4) is 0 Å². The highest BCUT2D eigenvalue weighted by molar-refractivity contribution is 7.72. The summed E-state index contributed by atoms with van der Waals surface area (Å²) in [5, 5.41) is 6.63. The summed E-state index contributed by atoms with van der Waals surface area (Å²) in [6.07, 6.45) is 6.75. The van der Waals surface area contributed by atoms with Crippen LogP contribution in [0.1, 0.15) is 58.3 Å². The fourth-order valence-electron chi connectivity index (χ4n) is 3.08. The number of aliphatic hydroxyl groups is 1. The Hall–Kier alpha value is 0.220. The van der Waals surface area contributed by atoms with Crippen LogP contribution in [0.5, 0.6) is 0 Å². The minimum Gasteiger partial charge on any atom is -0.367 e. The lowest BCUT2D eigenvalue weighted by molar-refractivity contribution is 0.104. The zero-order valence-electron chi connectivity index (χ0n) is 13.5. The summed E-state index contributed by atoms with van der Waals surface area (Å²) in [7, 11) is -10.7. The Morgan fingerprint density at radius 2 is 1.70 bits per heavy atom. The molecule has 0 bridgehead atoms. The SMILES string of the molecule is CCCCCCC1CCCN1CCC(O)(P(=O)(O)O)P(=O)(O)O. The van der Waals surface area contributed by atoms with E-state index in [-0.39, 0.29) is 12.6 Å². The number of nitrogens with zero attached hydrogens (tertiary/aromatic N) is 1. The number of likely N-dealkylation sites (tertiary alicyclic amines) is 1. The molecule has 138 valence electrons. The van der Waals surface area contributed by atoms with Crippen LogP contribution < -0.4 is 0 Å². The average Bonchev–Trinajstić information content (AvgIpc) is 2.86. The molecule has 0 saturated carbocycles. The van der Waals surface area contributed by atoms with Gasteiger partial charge in [0.05, 0.1) is 0 Å². The Labute approximate surface area is 137 Å². The molecule has 0 aromatic carbocycles. The van der Waals surface area contributed by atoms with E-state index in [1.165, 1.54) is 6.42 Å².